The van der Waals surface area contributed by atoms with Crippen LogP contribution in [-0.4, -0.2) is 25.5 Å². The molecular weight excluding hydrogens is 288 g/mol. The minimum Gasteiger partial charge on any atom is -0.464 e. The minimum atomic E-state index is -0.691. The van der Waals surface area contributed by atoms with Crippen LogP contribution >= 0.6 is 0 Å². The summed E-state index contributed by atoms with van der Waals surface area (Å²) in [5.41, 5.74) is 0.594. The van der Waals surface area contributed by atoms with Gasteiger partial charge in [0.2, 0.25) is 6.29 Å². The molecule has 0 N–H and O–H groups in total. The summed E-state index contributed by atoms with van der Waals surface area (Å²) >= 11 is 0. The third-order valence-corrected chi connectivity index (χ3v) is 4.07. The summed E-state index contributed by atoms with van der Waals surface area (Å²) in [7, 11) is 0. The standard InChI is InChI=1S/C16H14O6/c1-2-19-14(17)10-7-9-11(21-15(10)18)3-4-12-13(9)8-5-6-20-16(8)22-12/h3-4,7-8,16H,2,5-6H2,1H3/t8-,16+/m0/s1. The van der Waals surface area contributed by atoms with Crippen LogP contribution in [0.2, 0.25) is 0 Å². The molecule has 6 nitrogen and oxygen atoms in total. The highest BCUT2D eigenvalue weighted by Crippen LogP contribution is 2.47. The third-order valence-electron chi connectivity index (χ3n) is 4.07. The molecule has 1 aromatic carbocycles. The molecular formula is C16H14O6. The van der Waals surface area contributed by atoms with Crippen LogP contribution in [0.15, 0.2) is 27.4 Å². The second-order valence-electron chi connectivity index (χ2n) is 5.31. The molecule has 1 fully saturated rings. The van der Waals surface area contributed by atoms with Crippen LogP contribution in [0.25, 0.3) is 11.0 Å². The van der Waals surface area contributed by atoms with Gasteiger partial charge in [-0.25, -0.2) is 9.59 Å². The lowest BCUT2D eigenvalue weighted by Gasteiger charge is -2.08. The van der Waals surface area contributed by atoms with Gasteiger partial charge < -0.3 is 18.6 Å². The van der Waals surface area contributed by atoms with Crippen LogP contribution in [0.1, 0.15) is 35.2 Å². The summed E-state index contributed by atoms with van der Waals surface area (Å²) in [6, 6.07) is 4.99. The molecule has 1 saturated heterocycles. The van der Waals surface area contributed by atoms with Crippen molar-refractivity contribution in [1.82, 2.24) is 0 Å². The summed E-state index contributed by atoms with van der Waals surface area (Å²) in [6.45, 7) is 2.52. The molecule has 0 radical (unpaired) electrons. The van der Waals surface area contributed by atoms with Crippen molar-refractivity contribution in [1.29, 1.82) is 0 Å². The van der Waals surface area contributed by atoms with E-state index in [9.17, 15) is 9.59 Å². The molecule has 4 rings (SSSR count). The fourth-order valence-corrected chi connectivity index (χ4v) is 3.11. The molecule has 22 heavy (non-hydrogen) atoms. The maximum atomic E-state index is 12.0. The van der Waals surface area contributed by atoms with E-state index in [0.717, 1.165) is 12.0 Å². The Morgan fingerprint density at radius 1 is 1.41 bits per heavy atom. The highest BCUT2D eigenvalue weighted by Gasteiger charge is 2.40. The molecule has 0 saturated carbocycles. The van der Waals surface area contributed by atoms with E-state index in [-0.39, 0.29) is 24.4 Å². The Bertz CT molecular complexity index is 821. The van der Waals surface area contributed by atoms with Crippen LogP contribution in [0.4, 0.5) is 0 Å². The predicted molar refractivity (Wildman–Crippen MR) is 76.2 cm³/mol. The lowest BCUT2D eigenvalue weighted by molar-refractivity contribution is -0.0337. The third kappa shape index (κ3) is 1.84. The molecule has 2 aromatic rings. The van der Waals surface area contributed by atoms with Gasteiger partial charge in [0, 0.05) is 10.9 Å². The summed E-state index contributed by atoms with van der Waals surface area (Å²) in [4.78, 5) is 23.9. The van der Waals surface area contributed by atoms with Crippen molar-refractivity contribution in [2.24, 2.45) is 0 Å². The molecule has 0 amide bonds. The van der Waals surface area contributed by atoms with E-state index in [1.54, 1.807) is 25.1 Å². The van der Waals surface area contributed by atoms with Crippen molar-refractivity contribution in [3.63, 3.8) is 0 Å². The van der Waals surface area contributed by atoms with Crippen molar-refractivity contribution in [2.45, 2.75) is 25.6 Å². The van der Waals surface area contributed by atoms with E-state index in [0.29, 0.717) is 23.3 Å². The zero-order chi connectivity index (χ0) is 15.3. The number of hydrogen-bond acceptors (Lipinski definition) is 6. The molecule has 0 bridgehead atoms. The Morgan fingerprint density at radius 2 is 2.27 bits per heavy atom. The van der Waals surface area contributed by atoms with Crippen LogP contribution in [-0.2, 0) is 9.47 Å². The Kier molecular flexibility index (Phi) is 2.94. The van der Waals surface area contributed by atoms with Crippen LogP contribution in [0, 0.1) is 0 Å². The van der Waals surface area contributed by atoms with Crippen LogP contribution in [0.5, 0.6) is 5.75 Å². The van der Waals surface area contributed by atoms with Gasteiger partial charge in [-0.3, -0.25) is 0 Å². The average molecular weight is 302 g/mol. The zero-order valence-corrected chi connectivity index (χ0v) is 12.0. The van der Waals surface area contributed by atoms with Crippen molar-refractivity contribution in [2.75, 3.05) is 13.2 Å². The number of carbonyl (C=O) groups excluding carboxylic acids is 1. The normalized spacial score (nSPS) is 22.2. The van der Waals surface area contributed by atoms with E-state index in [2.05, 4.69) is 0 Å². The second-order valence-corrected chi connectivity index (χ2v) is 5.31. The Balaban J connectivity index is 1.93. The molecule has 1 aromatic heterocycles. The fraction of sp³-hybridized carbons (Fsp3) is 0.375. The summed E-state index contributed by atoms with van der Waals surface area (Å²) < 4.78 is 21.5. The van der Waals surface area contributed by atoms with Gasteiger partial charge >= 0.3 is 11.6 Å². The number of ether oxygens (including phenoxy) is 3. The largest absolute Gasteiger partial charge is 0.464 e. The quantitative estimate of drug-likeness (QED) is 0.625. The van der Waals surface area contributed by atoms with Crippen molar-refractivity contribution < 1.29 is 23.4 Å². The summed E-state index contributed by atoms with van der Waals surface area (Å²) in [6.07, 6.45) is 0.545. The van der Waals surface area contributed by atoms with Gasteiger partial charge in [0.05, 0.1) is 19.1 Å². The second kappa shape index (κ2) is 4.84. The van der Waals surface area contributed by atoms with Gasteiger partial charge in [-0.1, -0.05) is 0 Å². The minimum absolute atomic E-state index is 0.0925. The van der Waals surface area contributed by atoms with Crippen molar-refractivity contribution in [3.8, 4) is 5.75 Å². The SMILES string of the molecule is CCOC(=O)c1cc2c3c(ccc2oc1=O)O[C@H]1OCC[C@@H]31. The first-order chi connectivity index (χ1) is 10.7. The lowest BCUT2D eigenvalue weighted by atomic mass is 9.94. The highest BCUT2D eigenvalue weighted by atomic mass is 16.7. The molecule has 0 unspecified atom stereocenters. The molecule has 3 heterocycles. The molecule has 2 aliphatic rings. The molecule has 2 aliphatic heterocycles. The zero-order valence-electron chi connectivity index (χ0n) is 12.0. The van der Waals surface area contributed by atoms with Crippen molar-refractivity contribution in [3.05, 3.63) is 39.7 Å². The number of hydrogen-bond donors (Lipinski definition) is 0. The number of esters is 1. The van der Waals surface area contributed by atoms with Crippen LogP contribution in [0.3, 0.4) is 0 Å². The van der Waals surface area contributed by atoms with Gasteiger partial charge in [-0.15, -0.1) is 0 Å². The van der Waals surface area contributed by atoms with Crippen molar-refractivity contribution >= 4 is 16.9 Å². The molecule has 0 spiro atoms. The number of rotatable bonds is 2. The van der Waals surface area contributed by atoms with Crippen LogP contribution < -0.4 is 10.4 Å². The Morgan fingerprint density at radius 3 is 3.09 bits per heavy atom. The Hall–Kier alpha value is -2.34. The lowest BCUT2D eigenvalue weighted by Crippen LogP contribution is -2.16. The average Bonchev–Trinajstić information content (AvgIpc) is 3.07. The number of benzene rings is 1. The van der Waals surface area contributed by atoms with Gasteiger partial charge in [0.15, 0.2) is 0 Å². The molecule has 114 valence electrons. The van der Waals surface area contributed by atoms with Gasteiger partial charge in [-0.05, 0) is 31.5 Å². The van der Waals surface area contributed by atoms with Gasteiger partial charge in [-0.2, -0.15) is 0 Å². The first-order valence-electron chi connectivity index (χ1n) is 7.25. The van der Waals surface area contributed by atoms with E-state index < -0.39 is 11.6 Å². The maximum Gasteiger partial charge on any atom is 0.351 e. The maximum absolute atomic E-state index is 12.0. The predicted octanol–water partition coefficient (Wildman–Crippen LogP) is 2.19. The van der Waals surface area contributed by atoms with E-state index in [1.807, 2.05) is 0 Å². The summed E-state index contributed by atoms with van der Waals surface area (Å²) in [5, 5.41) is 0.707. The van der Waals surface area contributed by atoms with E-state index in [1.165, 1.54) is 0 Å². The molecule has 2 atom stereocenters. The van der Waals surface area contributed by atoms with Gasteiger partial charge in [0.25, 0.3) is 0 Å². The van der Waals surface area contributed by atoms with E-state index in [4.69, 9.17) is 18.6 Å². The summed E-state index contributed by atoms with van der Waals surface area (Å²) in [5.74, 6) is 0.140. The highest BCUT2D eigenvalue weighted by molar-refractivity contribution is 5.94. The molecule has 0 aliphatic carbocycles. The first-order valence-corrected chi connectivity index (χ1v) is 7.25. The topological polar surface area (TPSA) is 75.0 Å². The molecule has 6 heteroatoms. The number of fused-ring (bicyclic) bond motifs is 5. The Labute approximate surface area is 125 Å². The van der Waals surface area contributed by atoms with Gasteiger partial charge in [0.1, 0.15) is 16.9 Å². The first kappa shape index (κ1) is 13.3. The fourth-order valence-electron chi connectivity index (χ4n) is 3.11. The number of carbonyl (C=O) groups is 1. The smallest absolute Gasteiger partial charge is 0.351 e. The monoisotopic (exact) mass is 302 g/mol. The van der Waals surface area contributed by atoms with E-state index >= 15 is 0 Å².